The van der Waals surface area contributed by atoms with Crippen LogP contribution in [0.25, 0.3) is 5.70 Å². The molecule has 2 rings (SSSR count). The van der Waals surface area contributed by atoms with E-state index in [2.05, 4.69) is 46.7 Å². The van der Waals surface area contributed by atoms with Crippen molar-refractivity contribution >= 4 is 17.0 Å². The number of hydrogen-bond acceptors (Lipinski definition) is 4. The second-order valence-corrected chi connectivity index (χ2v) is 5.36. The SMILES string of the molecule is CCC(CCNC)C1C=C(c2cccs2)NN1. The molecule has 0 bridgehead atoms. The average molecular weight is 251 g/mol. The molecule has 2 atom stereocenters. The second-order valence-electron chi connectivity index (χ2n) is 4.41. The van der Waals surface area contributed by atoms with Crippen LogP contribution in [0.1, 0.15) is 24.6 Å². The van der Waals surface area contributed by atoms with Crippen LogP contribution in [0.3, 0.4) is 0 Å². The Morgan fingerprint density at radius 1 is 1.53 bits per heavy atom. The molecule has 0 amide bonds. The second kappa shape index (κ2) is 6.19. The van der Waals surface area contributed by atoms with Gasteiger partial charge in [-0.25, -0.2) is 5.43 Å². The molecule has 2 unspecified atom stereocenters. The third-order valence-electron chi connectivity index (χ3n) is 3.30. The largest absolute Gasteiger partial charge is 0.320 e. The van der Waals surface area contributed by atoms with Crippen LogP contribution in [0.15, 0.2) is 23.6 Å². The van der Waals surface area contributed by atoms with Crippen LogP contribution in [-0.2, 0) is 0 Å². The van der Waals surface area contributed by atoms with Gasteiger partial charge in [0.25, 0.3) is 0 Å². The fourth-order valence-corrected chi connectivity index (χ4v) is 2.93. The number of rotatable bonds is 6. The highest BCUT2D eigenvalue weighted by Crippen LogP contribution is 2.24. The Labute approximate surface area is 107 Å². The Hall–Kier alpha value is -0.840. The molecule has 4 heteroatoms. The standard InChI is InChI=1S/C13H21N3S/c1-3-10(6-7-14-2)11-9-12(16-15-11)13-5-4-8-17-13/h4-5,8-11,14-16H,3,6-7H2,1-2H3. The van der Waals surface area contributed by atoms with E-state index in [1.54, 1.807) is 11.3 Å². The summed E-state index contributed by atoms with van der Waals surface area (Å²) in [7, 11) is 2.01. The molecule has 17 heavy (non-hydrogen) atoms. The van der Waals surface area contributed by atoms with Crippen molar-refractivity contribution in [1.82, 2.24) is 16.2 Å². The van der Waals surface area contributed by atoms with Crippen LogP contribution in [-0.4, -0.2) is 19.6 Å². The van der Waals surface area contributed by atoms with Crippen LogP contribution in [0.5, 0.6) is 0 Å². The van der Waals surface area contributed by atoms with Gasteiger partial charge in [-0.2, -0.15) is 0 Å². The molecule has 94 valence electrons. The Bertz CT molecular complexity index is 359. The van der Waals surface area contributed by atoms with Crippen LogP contribution >= 0.6 is 11.3 Å². The third-order valence-corrected chi connectivity index (χ3v) is 4.21. The molecule has 3 nitrogen and oxygen atoms in total. The molecule has 0 aliphatic carbocycles. The van der Waals surface area contributed by atoms with Gasteiger partial charge in [0, 0.05) is 6.04 Å². The smallest absolute Gasteiger partial charge is 0.0636 e. The summed E-state index contributed by atoms with van der Waals surface area (Å²) in [5, 5.41) is 5.34. The van der Waals surface area contributed by atoms with Crippen molar-refractivity contribution in [3.63, 3.8) is 0 Å². The van der Waals surface area contributed by atoms with Crippen LogP contribution in [0, 0.1) is 5.92 Å². The van der Waals surface area contributed by atoms with Gasteiger partial charge in [0.2, 0.25) is 0 Å². The number of thiophene rings is 1. The van der Waals surface area contributed by atoms with Gasteiger partial charge in [-0.15, -0.1) is 11.3 Å². The first-order valence-corrected chi connectivity index (χ1v) is 7.15. The minimum atomic E-state index is 0.449. The molecule has 1 aliphatic heterocycles. The van der Waals surface area contributed by atoms with Crippen LogP contribution in [0.4, 0.5) is 0 Å². The summed E-state index contributed by atoms with van der Waals surface area (Å²) >= 11 is 1.78. The summed E-state index contributed by atoms with van der Waals surface area (Å²) in [4.78, 5) is 1.31. The normalized spacial score (nSPS) is 21.1. The lowest BCUT2D eigenvalue weighted by molar-refractivity contribution is 0.369. The van der Waals surface area contributed by atoms with E-state index in [0.29, 0.717) is 12.0 Å². The minimum absolute atomic E-state index is 0.449. The highest BCUT2D eigenvalue weighted by Gasteiger charge is 2.23. The molecule has 2 heterocycles. The summed E-state index contributed by atoms with van der Waals surface area (Å²) in [6.45, 7) is 3.35. The zero-order valence-electron chi connectivity index (χ0n) is 10.5. The molecule has 0 saturated heterocycles. The van der Waals surface area contributed by atoms with Crippen molar-refractivity contribution in [2.45, 2.75) is 25.8 Å². The molecule has 0 saturated carbocycles. The van der Waals surface area contributed by atoms with Gasteiger partial charge >= 0.3 is 0 Å². The van der Waals surface area contributed by atoms with Gasteiger partial charge in [-0.3, -0.25) is 0 Å². The minimum Gasteiger partial charge on any atom is -0.320 e. The van der Waals surface area contributed by atoms with E-state index in [0.717, 1.165) is 6.54 Å². The maximum absolute atomic E-state index is 3.39. The molecule has 1 aromatic rings. The van der Waals surface area contributed by atoms with Gasteiger partial charge in [0.05, 0.1) is 10.6 Å². The van der Waals surface area contributed by atoms with E-state index in [1.807, 2.05) is 7.05 Å². The first-order chi connectivity index (χ1) is 8.35. The molecule has 0 aromatic carbocycles. The Morgan fingerprint density at radius 2 is 2.41 bits per heavy atom. The van der Waals surface area contributed by atoms with E-state index in [9.17, 15) is 0 Å². The number of hydrazine groups is 1. The summed E-state index contributed by atoms with van der Waals surface area (Å²) < 4.78 is 0. The van der Waals surface area contributed by atoms with E-state index in [1.165, 1.54) is 23.4 Å². The zero-order valence-corrected chi connectivity index (χ0v) is 11.3. The molecular formula is C13H21N3S. The van der Waals surface area contributed by atoms with Crippen molar-refractivity contribution in [2.75, 3.05) is 13.6 Å². The maximum atomic E-state index is 3.39. The molecule has 0 spiro atoms. The highest BCUT2D eigenvalue weighted by atomic mass is 32.1. The Balaban J connectivity index is 1.99. The van der Waals surface area contributed by atoms with Crippen molar-refractivity contribution in [3.05, 3.63) is 28.5 Å². The van der Waals surface area contributed by atoms with E-state index < -0.39 is 0 Å². The number of nitrogens with one attached hydrogen (secondary N) is 3. The van der Waals surface area contributed by atoms with Crippen molar-refractivity contribution in [3.8, 4) is 0 Å². The van der Waals surface area contributed by atoms with Crippen LogP contribution < -0.4 is 16.2 Å². The lowest BCUT2D eigenvalue weighted by Crippen LogP contribution is -2.37. The first kappa shape index (κ1) is 12.6. The zero-order chi connectivity index (χ0) is 12.1. The van der Waals surface area contributed by atoms with E-state index >= 15 is 0 Å². The fourth-order valence-electron chi connectivity index (χ4n) is 2.22. The number of hydrogen-bond donors (Lipinski definition) is 3. The van der Waals surface area contributed by atoms with Gasteiger partial charge in [0.1, 0.15) is 0 Å². The molecule has 0 radical (unpaired) electrons. The quantitative estimate of drug-likeness (QED) is 0.725. The topological polar surface area (TPSA) is 36.1 Å². The van der Waals surface area contributed by atoms with Crippen molar-refractivity contribution in [1.29, 1.82) is 0 Å². The predicted octanol–water partition coefficient (Wildman–Crippen LogP) is 2.20. The first-order valence-electron chi connectivity index (χ1n) is 6.27. The van der Waals surface area contributed by atoms with Gasteiger partial charge in [-0.05, 0) is 43.5 Å². The summed E-state index contributed by atoms with van der Waals surface area (Å²) in [6.07, 6.45) is 4.74. The monoisotopic (exact) mass is 251 g/mol. The molecular weight excluding hydrogens is 230 g/mol. The van der Waals surface area contributed by atoms with Gasteiger partial charge in [0.15, 0.2) is 0 Å². The molecule has 3 N–H and O–H groups in total. The molecule has 1 aromatic heterocycles. The summed E-state index contributed by atoms with van der Waals surface area (Å²) in [6, 6.07) is 4.70. The van der Waals surface area contributed by atoms with Crippen LogP contribution in [0.2, 0.25) is 0 Å². The maximum Gasteiger partial charge on any atom is 0.0636 e. The lowest BCUT2D eigenvalue weighted by atomic mass is 9.93. The summed E-state index contributed by atoms with van der Waals surface area (Å²) in [5.41, 5.74) is 7.92. The van der Waals surface area contributed by atoms with Crippen molar-refractivity contribution in [2.24, 2.45) is 5.92 Å². The Morgan fingerprint density at radius 3 is 3.06 bits per heavy atom. The van der Waals surface area contributed by atoms with Gasteiger partial charge in [-0.1, -0.05) is 19.4 Å². The van der Waals surface area contributed by atoms with E-state index in [4.69, 9.17) is 0 Å². The van der Waals surface area contributed by atoms with Gasteiger partial charge < -0.3 is 10.7 Å². The van der Waals surface area contributed by atoms with Crippen molar-refractivity contribution < 1.29 is 0 Å². The third kappa shape index (κ3) is 3.09. The Kier molecular flexibility index (Phi) is 4.59. The highest BCUT2D eigenvalue weighted by molar-refractivity contribution is 7.11. The fraction of sp³-hybridized carbons (Fsp3) is 0.538. The lowest BCUT2D eigenvalue weighted by Gasteiger charge is -2.20. The summed E-state index contributed by atoms with van der Waals surface area (Å²) in [5.74, 6) is 0.687. The molecule has 1 aliphatic rings. The average Bonchev–Trinajstić information content (AvgIpc) is 3.00. The molecule has 0 fully saturated rings. The predicted molar refractivity (Wildman–Crippen MR) is 74.7 cm³/mol. The van der Waals surface area contributed by atoms with E-state index in [-0.39, 0.29) is 0 Å².